The van der Waals surface area contributed by atoms with E-state index >= 15 is 0 Å². The SMILES string of the molecule is CC(=O)C1(c2ncccc2CCC(=O)N2CCOC(C(C)(F)F)C2)CCC(Oc2cnc3[nH]ccc3c2)CC1. The van der Waals surface area contributed by atoms with Gasteiger partial charge in [-0.25, -0.2) is 13.8 Å². The summed E-state index contributed by atoms with van der Waals surface area (Å²) < 4.78 is 38.9. The highest BCUT2D eigenvalue weighted by Crippen LogP contribution is 2.42. The third-order valence-electron chi connectivity index (χ3n) is 8.08. The number of ketones is 1. The van der Waals surface area contributed by atoms with E-state index in [1.807, 2.05) is 24.4 Å². The van der Waals surface area contributed by atoms with Crippen LogP contribution in [-0.2, 0) is 26.2 Å². The number of ether oxygens (including phenoxy) is 2. The molecule has 3 aromatic rings. The molecule has 1 saturated heterocycles. The number of aromatic nitrogens is 3. The van der Waals surface area contributed by atoms with Crippen LogP contribution in [0.4, 0.5) is 8.78 Å². The van der Waals surface area contributed by atoms with E-state index in [1.165, 1.54) is 4.90 Å². The molecule has 1 aliphatic carbocycles. The van der Waals surface area contributed by atoms with Crippen LogP contribution in [0, 0.1) is 0 Å². The Morgan fingerprint density at radius 2 is 2.05 bits per heavy atom. The maximum Gasteiger partial charge on any atom is 0.272 e. The minimum absolute atomic E-state index is 0.0452. The summed E-state index contributed by atoms with van der Waals surface area (Å²) in [4.78, 5) is 39.6. The number of nitrogens with one attached hydrogen (secondary N) is 1. The van der Waals surface area contributed by atoms with Crippen molar-refractivity contribution in [2.24, 2.45) is 0 Å². The average molecular weight is 541 g/mol. The number of hydrogen-bond acceptors (Lipinski definition) is 6. The van der Waals surface area contributed by atoms with Crippen molar-refractivity contribution >= 4 is 22.7 Å². The molecule has 2 fully saturated rings. The van der Waals surface area contributed by atoms with Gasteiger partial charge in [-0.2, -0.15) is 0 Å². The Hall–Kier alpha value is -3.40. The molecule has 1 unspecified atom stereocenters. The van der Waals surface area contributed by atoms with Gasteiger partial charge in [0.05, 0.1) is 36.6 Å². The van der Waals surface area contributed by atoms with E-state index in [0.29, 0.717) is 43.5 Å². The largest absolute Gasteiger partial charge is 0.489 e. The number of aryl methyl sites for hydroxylation is 1. The van der Waals surface area contributed by atoms with Crippen LogP contribution in [-0.4, -0.2) is 69.4 Å². The van der Waals surface area contributed by atoms with Gasteiger partial charge in [0.25, 0.3) is 5.92 Å². The molecule has 0 bridgehead atoms. The van der Waals surface area contributed by atoms with E-state index < -0.39 is 17.4 Å². The number of nitrogens with zero attached hydrogens (tertiary/aromatic N) is 3. The summed E-state index contributed by atoms with van der Waals surface area (Å²) in [5.41, 5.74) is 1.60. The van der Waals surface area contributed by atoms with Crippen molar-refractivity contribution in [1.29, 1.82) is 0 Å². The fourth-order valence-corrected chi connectivity index (χ4v) is 5.79. The molecule has 39 heavy (non-hydrogen) atoms. The van der Waals surface area contributed by atoms with Crippen molar-refractivity contribution in [1.82, 2.24) is 19.9 Å². The second-order valence-corrected chi connectivity index (χ2v) is 10.7. The number of Topliss-reactive ketones (excluding diaryl/α,β-unsaturated/α-hetero) is 1. The first-order valence-electron chi connectivity index (χ1n) is 13.5. The topological polar surface area (TPSA) is 97.4 Å². The molecule has 4 heterocycles. The van der Waals surface area contributed by atoms with Crippen LogP contribution in [0.25, 0.3) is 11.0 Å². The van der Waals surface area contributed by atoms with Gasteiger partial charge in [0.15, 0.2) is 0 Å². The zero-order valence-corrected chi connectivity index (χ0v) is 22.3. The lowest BCUT2D eigenvalue weighted by molar-refractivity contribution is -0.167. The molecule has 0 spiro atoms. The number of morpholine rings is 1. The van der Waals surface area contributed by atoms with Crippen LogP contribution < -0.4 is 4.74 Å². The van der Waals surface area contributed by atoms with Crippen molar-refractivity contribution in [3.05, 3.63) is 54.1 Å². The van der Waals surface area contributed by atoms with Gasteiger partial charge >= 0.3 is 0 Å². The molecule has 5 rings (SSSR count). The Bertz CT molecular complexity index is 1330. The number of alkyl halides is 2. The van der Waals surface area contributed by atoms with Crippen molar-refractivity contribution in [2.45, 2.75) is 75.9 Å². The number of fused-ring (bicyclic) bond motifs is 1. The van der Waals surface area contributed by atoms with Gasteiger partial charge in [-0.05, 0) is 62.8 Å². The van der Waals surface area contributed by atoms with E-state index in [2.05, 4.69) is 15.0 Å². The number of H-pyrrole nitrogens is 1. The summed E-state index contributed by atoms with van der Waals surface area (Å²) in [6.07, 6.45) is 6.93. The summed E-state index contributed by atoms with van der Waals surface area (Å²) >= 11 is 0. The van der Waals surface area contributed by atoms with Crippen LogP contribution in [0.5, 0.6) is 5.75 Å². The first-order valence-corrected chi connectivity index (χ1v) is 13.5. The highest BCUT2D eigenvalue weighted by atomic mass is 19.3. The molecule has 10 heteroatoms. The summed E-state index contributed by atoms with van der Waals surface area (Å²) in [6, 6.07) is 7.61. The quantitative estimate of drug-likeness (QED) is 0.448. The third-order valence-corrected chi connectivity index (χ3v) is 8.08. The maximum absolute atomic E-state index is 13.8. The van der Waals surface area contributed by atoms with Crippen LogP contribution in [0.15, 0.2) is 42.9 Å². The number of aromatic amines is 1. The first kappa shape index (κ1) is 27.2. The molecule has 0 radical (unpaired) electrons. The zero-order valence-electron chi connectivity index (χ0n) is 22.3. The number of rotatable bonds is 8. The van der Waals surface area contributed by atoms with E-state index in [-0.39, 0.29) is 43.9 Å². The maximum atomic E-state index is 13.8. The molecule has 1 aliphatic heterocycles. The summed E-state index contributed by atoms with van der Waals surface area (Å²) in [7, 11) is 0. The van der Waals surface area contributed by atoms with Gasteiger partial charge < -0.3 is 19.4 Å². The predicted octanol–water partition coefficient (Wildman–Crippen LogP) is 4.62. The van der Waals surface area contributed by atoms with Crippen molar-refractivity contribution < 1.29 is 27.8 Å². The number of pyridine rings is 2. The predicted molar refractivity (Wildman–Crippen MR) is 141 cm³/mol. The third kappa shape index (κ3) is 5.80. The molecule has 8 nitrogen and oxygen atoms in total. The molecule has 3 aromatic heterocycles. The Labute approximate surface area is 226 Å². The van der Waals surface area contributed by atoms with Gasteiger partial charge in [0, 0.05) is 37.7 Å². The van der Waals surface area contributed by atoms with Crippen LogP contribution in [0.1, 0.15) is 57.2 Å². The molecule has 1 N–H and O–H groups in total. The van der Waals surface area contributed by atoms with Gasteiger partial charge in [-0.15, -0.1) is 0 Å². The molecule has 0 aromatic carbocycles. The van der Waals surface area contributed by atoms with Gasteiger partial charge in [0.2, 0.25) is 5.91 Å². The highest BCUT2D eigenvalue weighted by Gasteiger charge is 2.44. The molecule has 208 valence electrons. The number of halogens is 2. The first-order chi connectivity index (χ1) is 18.7. The summed E-state index contributed by atoms with van der Waals surface area (Å²) in [5, 5.41) is 0.977. The van der Waals surface area contributed by atoms with E-state index in [9.17, 15) is 18.4 Å². The van der Waals surface area contributed by atoms with E-state index in [4.69, 9.17) is 9.47 Å². The van der Waals surface area contributed by atoms with Crippen molar-refractivity contribution in [3.8, 4) is 5.75 Å². The molecule has 1 saturated carbocycles. The zero-order chi connectivity index (χ0) is 27.6. The molecule has 1 amide bonds. The second-order valence-electron chi connectivity index (χ2n) is 10.7. The average Bonchev–Trinajstić information content (AvgIpc) is 3.40. The number of carbonyl (C=O) groups excluding carboxylic acids is 2. The lowest BCUT2D eigenvalue weighted by atomic mass is 9.67. The molecular formula is C29H34F2N4O4. The fourth-order valence-electron chi connectivity index (χ4n) is 5.79. The standard InChI is InChI=1S/C29H34F2N4O4/c1-19(36)29(10-7-22(8-11-29)39-23-16-21-9-13-33-27(21)34-17-23)26-20(4-3-12-32-26)5-6-25(37)35-14-15-38-24(18-35)28(2,30)31/h3-4,9,12-13,16-17,22,24H,5-8,10-11,14-15,18H2,1-2H3,(H,33,34). The lowest BCUT2D eigenvalue weighted by Gasteiger charge is -2.39. The Morgan fingerprint density at radius 1 is 1.26 bits per heavy atom. The fraction of sp³-hybridized carbons (Fsp3) is 0.517. The molecule has 2 aliphatic rings. The Morgan fingerprint density at radius 3 is 2.79 bits per heavy atom. The van der Waals surface area contributed by atoms with Crippen LogP contribution >= 0.6 is 0 Å². The van der Waals surface area contributed by atoms with Crippen molar-refractivity contribution in [3.63, 3.8) is 0 Å². The van der Waals surface area contributed by atoms with Gasteiger partial charge in [0.1, 0.15) is 23.3 Å². The summed E-state index contributed by atoms with van der Waals surface area (Å²) in [5.74, 6) is -2.48. The van der Waals surface area contributed by atoms with Gasteiger partial charge in [-0.1, -0.05) is 6.07 Å². The van der Waals surface area contributed by atoms with E-state index in [0.717, 1.165) is 23.5 Å². The van der Waals surface area contributed by atoms with Crippen LogP contribution in [0.2, 0.25) is 0 Å². The normalized spacial score (nSPS) is 24.1. The lowest BCUT2D eigenvalue weighted by Crippen LogP contribution is -2.51. The molecular weight excluding hydrogens is 506 g/mol. The minimum Gasteiger partial charge on any atom is -0.489 e. The number of carbonyl (C=O) groups is 2. The highest BCUT2D eigenvalue weighted by molar-refractivity contribution is 5.88. The Balaban J connectivity index is 1.25. The van der Waals surface area contributed by atoms with Crippen molar-refractivity contribution in [2.75, 3.05) is 19.7 Å². The monoisotopic (exact) mass is 540 g/mol. The minimum atomic E-state index is -3.02. The second kappa shape index (κ2) is 11.0. The van der Waals surface area contributed by atoms with Crippen LogP contribution in [0.3, 0.4) is 0 Å². The van der Waals surface area contributed by atoms with Gasteiger partial charge in [-0.3, -0.25) is 14.6 Å². The Kier molecular flexibility index (Phi) is 7.66. The summed E-state index contributed by atoms with van der Waals surface area (Å²) in [6.45, 7) is 2.66. The smallest absolute Gasteiger partial charge is 0.272 e. The number of amides is 1. The molecule has 1 atom stereocenters. The van der Waals surface area contributed by atoms with E-state index in [1.54, 1.807) is 25.4 Å². The number of hydrogen-bond donors (Lipinski definition) is 1.